The van der Waals surface area contributed by atoms with Gasteiger partial charge in [0.15, 0.2) is 6.04 Å². The lowest BCUT2D eigenvalue weighted by Crippen LogP contribution is -2.53. The molecule has 0 aliphatic heterocycles. The van der Waals surface area contributed by atoms with Crippen LogP contribution in [0.3, 0.4) is 0 Å². The van der Waals surface area contributed by atoms with Crippen molar-refractivity contribution in [2.45, 2.75) is 107 Å². The van der Waals surface area contributed by atoms with Crippen molar-refractivity contribution in [1.29, 1.82) is 0 Å². The number of nitrogens with zero attached hydrogens (tertiary/aromatic N) is 1. The number of ether oxygens (including phenoxy) is 2. The number of hydrogen-bond donors (Lipinski definition) is 4. The zero-order valence-corrected chi connectivity index (χ0v) is 34.1. The smallest absolute Gasteiger partial charge is 0.330 e. The summed E-state index contributed by atoms with van der Waals surface area (Å²) < 4.78 is 12.8. The van der Waals surface area contributed by atoms with E-state index in [0.717, 1.165) is 43.5 Å². The van der Waals surface area contributed by atoms with Crippen molar-refractivity contribution in [2.75, 3.05) is 18.5 Å². The SMILES string of the molecule is C[C@@H](COc1ccnc2c1[C@H](C)CCC2)C[C@H]1Cc2ccc(OCCCC(=O)N[C@@H](C(=O)O)c3ccccc3)cc2C12CCC(Nc1cccc(Cl)c1)(C(=O)O)CC2. The minimum absolute atomic E-state index is 0.117. The van der Waals surface area contributed by atoms with E-state index in [0.29, 0.717) is 66.7 Å². The lowest BCUT2D eigenvalue weighted by molar-refractivity contribution is -0.144. The van der Waals surface area contributed by atoms with Crippen LogP contribution >= 0.6 is 11.6 Å². The van der Waals surface area contributed by atoms with E-state index < -0.39 is 23.5 Å². The molecule has 1 amide bonds. The fraction of sp³-hybridized carbons (Fsp3) is 0.447. The molecule has 4 aromatic rings. The van der Waals surface area contributed by atoms with Crippen LogP contribution in [0, 0.1) is 11.8 Å². The number of anilines is 1. The quantitative estimate of drug-likeness (QED) is 0.0814. The Morgan fingerprint density at radius 1 is 0.966 bits per heavy atom. The first-order valence-electron chi connectivity index (χ1n) is 20.7. The maximum atomic E-state index is 13.0. The van der Waals surface area contributed by atoms with Crippen LogP contribution in [0.2, 0.25) is 5.02 Å². The molecule has 1 spiro atoms. The van der Waals surface area contributed by atoms with Crippen LogP contribution in [0.5, 0.6) is 11.5 Å². The summed E-state index contributed by atoms with van der Waals surface area (Å²) in [5.74, 6) is 0.248. The molecule has 1 fully saturated rings. The number of aromatic nitrogens is 1. The van der Waals surface area contributed by atoms with Gasteiger partial charge in [0.2, 0.25) is 5.91 Å². The number of hydrogen-bond acceptors (Lipinski definition) is 7. The predicted molar refractivity (Wildman–Crippen MR) is 224 cm³/mol. The Labute approximate surface area is 345 Å². The first-order chi connectivity index (χ1) is 28.0. The van der Waals surface area contributed by atoms with Crippen molar-refractivity contribution in [2.24, 2.45) is 11.8 Å². The summed E-state index contributed by atoms with van der Waals surface area (Å²) in [6.45, 7) is 5.38. The number of benzene rings is 3. The largest absolute Gasteiger partial charge is 0.494 e. The molecule has 11 heteroatoms. The van der Waals surface area contributed by atoms with Gasteiger partial charge in [-0.15, -0.1) is 0 Å². The molecule has 3 aliphatic rings. The number of carbonyl (C=O) groups is 3. The molecule has 10 nitrogen and oxygen atoms in total. The number of aliphatic carboxylic acids is 2. The third-order valence-corrected chi connectivity index (χ3v) is 13.0. The number of halogens is 1. The molecule has 0 saturated heterocycles. The van der Waals surface area contributed by atoms with E-state index in [9.17, 15) is 24.6 Å². The van der Waals surface area contributed by atoms with E-state index in [1.54, 1.807) is 42.5 Å². The lowest BCUT2D eigenvalue weighted by Gasteiger charge is -2.47. The van der Waals surface area contributed by atoms with Gasteiger partial charge in [-0.3, -0.25) is 9.78 Å². The van der Waals surface area contributed by atoms with Crippen molar-refractivity contribution in [3.8, 4) is 11.5 Å². The van der Waals surface area contributed by atoms with Crippen LogP contribution in [0.4, 0.5) is 5.69 Å². The highest BCUT2D eigenvalue weighted by Crippen LogP contribution is 2.57. The molecule has 3 aliphatic carbocycles. The second-order valence-corrected chi connectivity index (χ2v) is 17.2. The number of amides is 1. The van der Waals surface area contributed by atoms with Crippen LogP contribution in [-0.2, 0) is 32.6 Å². The molecule has 0 radical (unpaired) electrons. The van der Waals surface area contributed by atoms with Crippen LogP contribution in [0.25, 0.3) is 0 Å². The summed E-state index contributed by atoms with van der Waals surface area (Å²) >= 11 is 6.29. The number of carbonyl (C=O) groups excluding carboxylic acids is 1. The fourth-order valence-corrected chi connectivity index (χ4v) is 9.95. The Balaban J connectivity index is 1.05. The molecule has 1 saturated carbocycles. The van der Waals surface area contributed by atoms with Gasteiger partial charge in [0.1, 0.15) is 17.0 Å². The summed E-state index contributed by atoms with van der Waals surface area (Å²) in [6.07, 6.45) is 9.72. The third kappa shape index (κ3) is 8.97. The number of fused-ring (bicyclic) bond motifs is 3. The van der Waals surface area contributed by atoms with Gasteiger partial charge in [0.25, 0.3) is 0 Å². The van der Waals surface area contributed by atoms with Crippen LogP contribution < -0.4 is 20.1 Å². The summed E-state index contributed by atoms with van der Waals surface area (Å²) in [7, 11) is 0. The van der Waals surface area contributed by atoms with E-state index in [1.165, 1.54) is 16.7 Å². The van der Waals surface area contributed by atoms with Gasteiger partial charge in [-0.2, -0.15) is 0 Å². The van der Waals surface area contributed by atoms with Crippen molar-refractivity contribution in [3.05, 3.63) is 118 Å². The normalized spacial score (nSPS) is 23.2. The standard InChI is InChI=1S/C47H54ClN3O7/c1-30(29-58-40-18-23-49-39-14-6-9-31(2)42(39)40)25-34-26-33-16-17-37(57-24-8-15-41(52)50-43(44(53)54)32-10-4-3-5-11-32)28-38(33)46(34)19-21-47(22-20-46,45(55)56)51-36-13-7-12-35(48)27-36/h3-5,7,10-13,16-18,23,27-28,30-31,34,43,51H,6,8-9,14-15,19-22,24-26,29H2,1-2H3,(H,50,52)(H,53,54)(H,55,56)/t30-,31-,34+,43-,46?,47?/m1/s1. The molecular formula is C47H54ClN3O7. The molecule has 3 aromatic carbocycles. The number of aryl methyl sites for hydroxylation is 1. The van der Waals surface area contributed by atoms with Gasteiger partial charge in [0.05, 0.1) is 13.2 Å². The maximum absolute atomic E-state index is 13.0. The molecule has 0 bridgehead atoms. The van der Waals surface area contributed by atoms with Crippen LogP contribution in [-0.4, -0.2) is 51.8 Å². The van der Waals surface area contributed by atoms with Crippen molar-refractivity contribution in [3.63, 3.8) is 0 Å². The Kier molecular flexibility index (Phi) is 12.6. The van der Waals surface area contributed by atoms with Gasteiger partial charge >= 0.3 is 11.9 Å². The molecule has 7 rings (SSSR count). The zero-order chi connectivity index (χ0) is 40.9. The fourth-order valence-electron chi connectivity index (χ4n) is 9.76. The van der Waals surface area contributed by atoms with Gasteiger partial charge in [-0.25, -0.2) is 9.59 Å². The summed E-state index contributed by atoms with van der Waals surface area (Å²) in [4.78, 5) is 42.3. The van der Waals surface area contributed by atoms with Gasteiger partial charge < -0.3 is 30.3 Å². The molecule has 58 heavy (non-hydrogen) atoms. The highest BCUT2D eigenvalue weighted by molar-refractivity contribution is 6.30. The Morgan fingerprint density at radius 3 is 2.50 bits per heavy atom. The zero-order valence-electron chi connectivity index (χ0n) is 33.3. The minimum atomic E-state index is -1.13. The van der Waals surface area contributed by atoms with E-state index >= 15 is 0 Å². The van der Waals surface area contributed by atoms with Crippen molar-refractivity contribution >= 4 is 35.1 Å². The third-order valence-electron chi connectivity index (χ3n) is 12.8. The molecule has 4 atom stereocenters. The molecular weight excluding hydrogens is 754 g/mol. The molecule has 306 valence electrons. The first-order valence-corrected chi connectivity index (χ1v) is 21.1. The Bertz CT molecular complexity index is 2100. The molecule has 0 unspecified atom stereocenters. The summed E-state index contributed by atoms with van der Waals surface area (Å²) in [6, 6.07) is 23.0. The Morgan fingerprint density at radius 2 is 1.76 bits per heavy atom. The molecule has 4 N–H and O–H groups in total. The molecule has 1 aromatic heterocycles. The topological polar surface area (TPSA) is 147 Å². The summed E-state index contributed by atoms with van der Waals surface area (Å²) in [5, 5.41) is 26.9. The highest BCUT2D eigenvalue weighted by atomic mass is 35.5. The average molecular weight is 808 g/mol. The second kappa shape index (κ2) is 17.8. The van der Waals surface area contributed by atoms with Crippen LogP contribution in [0.15, 0.2) is 85.1 Å². The van der Waals surface area contributed by atoms with Crippen molar-refractivity contribution < 1.29 is 34.1 Å². The Hall–Kier alpha value is -5.09. The van der Waals surface area contributed by atoms with E-state index in [-0.39, 0.29) is 36.2 Å². The predicted octanol–water partition coefficient (Wildman–Crippen LogP) is 9.30. The average Bonchev–Trinajstić information content (AvgIpc) is 3.49. The number of nitrogens with one attached hydrogen (secondary N) is 2. The van der Waals surface area contributed by atoms with E-state index in [4.69, 9.17) is 21.1 Å². The number of pyridine rings is 1. The van der Waals surface area contributed by atoms with Crippen LogP contribution in [0.1, 0.15) is 112 Å². The van der Waals surface area contributed by atoms with E-state index in [1.807, 2.05) is 30.5 Å². The van der Waals surface area contributed by atoms with E-state index in [2.05, 4.69) is 41.6 Å². The van der Waals surface area contributed by atoms with Gasteiger partial charge in [-0.05, 0) is 140 Å². The van der Waals surface area contributed by atoms with Gasteiger partial charge in [-0.1, -0.05) is 67.9 Å². The lowest BCUT2D eigenvalue weighted by atomic mass is 9.59. The number of carboxylic acids is 2. The number of carboxylic acid groups (broad SMARTS) is 2. The minimum Gasteiger partial charge on any atom is -0.494 e. The second-order valence-electron chi connectivity index (χ2n) is 16.7. The first kappa shape index (κ1) is 41.1. The molecule has 1 heterocycles. The monoisotopic (exact) mass is 807 g/mol. The maximum Gasteiger partial charge on any atom is 0.330 e. The number of rotatable bonds is 16. The van der Waals surface area contributed by atoms with Crippen molar-refractivity contribution in [1.82, 2.24) is 10.3 Å². The highest BCUT2D eigenvalue weighted by Gasteiger charge is 2.54. The summed E-state index contributed by atoms with van der Waals surface area (Å²) in [5.41, 5.74) is 4.68. The van der Waals surface area contributed by atoms with Gasteiger partial charge in [0, 0.05) is 34.6 Å².